The van der Waals surface area contributed by atoms with Crippen LogP contribution in [0.25, 0.3) is 32.7 Å². The lowest BCUT2D eigenvalue weighted by molar-refractivity contribution is -0.688. The van der Waals surface area contributed by atoms with E-state index in [4.69, 9.17) is 0 Å². The van der Waals surface area contributed by atoms with Crippen LogP contribution in [0.15, 0.2) is 134 Å². The van der Waals surface area contributed by atoms with Crippen LogP contribution >= 0.6 is 0 Å². The topological polar surface area (TPSA) is 7.76 Å². The minimum atomic E-state index is 0.863. The fourth-order valence-corrected chi connectivity index (χ4v) is 4.76. The predicted octanol–water partition coefficient (Wildman–Crippen LogP) is 6.33. The summed E-state index contributed by atoms with van der Waals surface area (Å²) in [5, 5.41) is 5.22. The second kappa shape index (κ2) is 8.92. The van der Waals surface area contributed by atoms with Crippen molar-refractivity contribution in [2.75, 3.05) is 0 Å². The average Bonchev–Trinajstić information content (AvgIpc) is 2.90. The van der Waals surface area contributed by atoms with Gasteiger partial charge in [-0.05, 0) is 32.7 Å². The largest absolute Gasteiger partial charge is 0.201 e. The molecule has 0 N–H and O–H groups in total. The van der Waals surface area contributed by atoms with Gasteiger partial charge >= 0.3 is 0 Å². The second-order valence-corrected chi connectivity index (χ2v) is 8.79. The normalized spacial score (nSPS) is 11.2. The van der Waals surface area contributed by atoms with Crippen LogP contribution < -0.4 is 9.13 Å². The summed E-state index contributed by atoms with van der Waals surface area (Å²) in [6.07, 6.45) is 8.70. The lowest BCUT2D eigenvalue weighted by Gasteiger charge is -2.05. The first-order valence-corrected chi connectivity index (χ1v) is 11.8. The van der Waals surface area contributed by atoms with Gasteiger partial charge in [-0.3, -0.25) is 0 Å². The van der Waals surface area contributed by atoms with Crippen LogP contribution in [0.4, 0.5) is 0 Å². The summed E-state index contributed by atoms with van der Waals surface area (Å²) in [4.78, 5) is 0. The predicted molar refractivity (Wildman–Crippen MR) is 138 cm³/mol. The Morgan fingerprint density at radius 2 is 0.765 bits per heavy atom. The number of pyridine rings is 2. The molecule has 0 bridgehead atoms. The van der Waals surface area contributed by atoms with Crippen LogP contribution in [0, 0.1) is 0 Å². The maximum Gasteiger partial charge on any atom is 0.174 e. The van der Waals surface area contributed by atoms with Crippen LogP contribution in [0.5, 0.6) is 0 Å². The summed E-state index contributed by atoms with van der Waals surface area (Å²) in [7, 11) is 0. The minimum absolute atomic E-state index is 0.863. The number of benzene rings is 4. The van der Waals surface area contributed by atoms with Crippen molar-refractivity contribution in [3.05, 3.63) is 145 Å². The summed E-state index contributed by atoms with van der Waals surface area (Å²) in [5.74, 6) is 0. The third-order valence-electron chi connectivity index (χ3n) is 6.58. The van der Waals surface area contributed by atoms with Crippen molar-refractivity contribution < 1.29 is 9.13 Å². The fourth-order valence-electron chi connectivity index (χ4n) is 4.76. The number of rotatable bonds is 5. The van der Waals surface area contributed by atoms with Crippen LogP contribution in [-0.4, -0.2) is 0 Å². The molecule has 0 aliphatic carbocycles. The molecule has 162 valence electrons. The minimum Gasteiger partial charge on any atom is -0.201 e. The van der Waals surface area contributed by atoms with Gasteiger partial charge in [-0.25, -0.2) is 9.13 Å². The van der Waals surface area contributed by atoms with Gasteiger partial charge in [0.15, 0.2) is 37.9 Å². The van der Waals surface area contributed by atoms with Crippen molar-refractivity contribution in [2.45, 2.75) is 13.1 Å². The zero-order valence-electron chi connectivity index (χ0n) is 19.0. The zero-order valence-corrected chi connectivity index (χ0v) is 19.0. The van der Waals surface area contributed by atoms with Gasteiger partial charge in [-0.1, -0.05) is 84.9 Å². The standard InChI is InChI=1S/C32H26N2/c1-3-13-31-27(7-1)9-5-11-29(31)23-33-19-15-25(16-20-33)26-17-21-34(22-18-26)24-30-12-6-10-28-8-2-4-14-32(28)30/h1-22H,23-24H2/q+2. The summed E-state index contributed by atoms with van der Waals surface area (Å²) >= 11 is 0. The number of fused-ring (bicyclic) bond motifs is 2. The Labute approximate surface area is 200 Å². The first kappa shape index (κ1) is 20.3. The van der Waals surface area contributed by atoms with E-state index >= 15 is 0 Å². The van der Waals surface area contributed by atoms with Crippen molar-refractivity contribution in [3.8, 4) is 11.1 Å². The van der Waals surface area contributed by atoms with E-state index in [1.807, 2.05) is 0 Å². The van der Waals surface area contributed by atoms with Crippen molar-refractivity contribution in [1.82, 2.24) is 0 Å². The first-order valence-electron chi connectivity index (χ1n) is 11.8. The Kier molecular flexibility index (Phi) is 5.33. The molecule has 0 aliphatic rings. The quantitative estimate of drug-likeness (QED) is 0.278. The summed E-state index contributed by atoms with van der Waals surface area (Å²) in [5.41, 5.74) is 5.13. The zero-order chi connectivity index (χ0) is 22.7. The maximum absolute atomic E-state index is 2.24. The van der Waals surface area contributed by atoms with Crippen LogP contribution in [0.1, 0.15) is 11.1 Å². The van der Waals surface area contributed by atoms with Gasteiger partial charge in [0, 0.05) is 35.4 Å². The molecule has 0 amide bonds. The van der Waals surface area contributed by atoms with Crippen molar-refractivity contribution in [3.63, 3.8) is 0 Å². The molecule has 2 nitrogen and oxygen atoms in total. The molecular formula is C32H26N2+2. The van der Waals surface area contributed by atoms with Gasteiger partial charge in [0.1, 0.15) is 0 Å². The van der Waals surface area contributed by atoms with Gasteiger partial charge < -0.3 is 0 Å². The van der Waals surface area contributed by atoms with Crippen molar-refractivity contribution >= 4 is 21.5 Å². The highest BCUT2D eigenvalue weighted by atomic mass is 14.9. The SMILES string of the molecule is c1ccc2c(C[n+]3ccc(-c4cc[n+](Cc5cccc6ccccc56)cc4)cc3)cccc2c1. The lowest BCUT2D eigenvalue weighted by atomic mass is 10.0. The number of hydrogen-bond donors (Lipinski definition) is 0. The van der Waals surface area contributed by atoms with E-state index < -0.39 is 0 Å². The van der Waals surface area contributed by atoms with Gasteiger partial charge in [0.25, 0.3) is 0 Å². The molecule has 4 aromatic carbocycles. The van der Waals surface area contributed by atoms with Crippen LogP contribution in [0.2, 0.25) is 0 Å². The molecule has 0 atom stereocenters. The maximum atomic E-state index is 2.24. The van der Waals surface area contributed by atoms with E-state index in [9.17, 15) is 0 Å². The van der Waals surface area contributed by atoms with Crippen LogP contribution in [-0.2, 0) is 13.1 Å². The summed E-state index contributed by atoms with van der Waals surface area (Å²) in [6.45, 7) is 1.73. The van der Waals surface area contributed by atoms with Gasteiger partial charge in [-0.2, -0.15) is 0 Å². The molecule has 34 heavy (non-hydrogen) atoms. The molecule has 2 aromatic heterocycles. The summed E-state index contributed by atoms with van der Waals surface area (Å²) < 4.78 is 4.49. The van der Waals surface area contributed by atoms with E-state index in [2.05, 4.69) is 143 Å². The highest BCUT2D eigenvalue weighted by Gasteiger charge is 2.10. The fraction of sp³-hybridized carbons (Fsp3) is 0.0625. The number of hydrogen-bond acceptors (Lipinski definition) is 0. The number of aromatic nitrogens is 2. The van der Waals surface area contributed by atoms with Crippen LogP contribution in [0.3, 0.4) is 0 Å². The molecule has 0 unspecified atom stereocenters. The molecule has 6 aromatic rings. The van der Waals surface area contributed by atoms with Crippen molar-refractivity contribution in [1.29, 1.82) is 0 Å². The van der Waals surface area contributed by atoms with E-state index in [0.29, 0.717) is 0 Å². The van der Waals surface area contributed by atoms with E-state index in [1.54, 1.807) is 0 Å². The van der Waals surface area contributed by atoms with Gasteiger partial charge in [-0.15, -0.1) is 0 Å². The Morgan fingerprint density at radius 1 is 0.382 bits per heavy atom. The van der Waals surface area contributed by atoms with Gasteiger partial charge in [0.05, 0.1) is 0 Å². The molecule has 0 fully saturated rings. The smallest absolute Gasteiger partial charge is 0.174 e. The highest BCUT2D eigenvalue weighted by Crippen LogP contribution is 2.20. The molecule has 2 heterocycles. The lowest BCUT2D eigenvalue weighted by Crippen LogP contribution is -2.33. The molecule has 0 aliphatic heterocycles. The highest BCUT2D eigenvalue weighted by molar-refractivity contribution is 5.86. The second-order valence-electron chi connectivity index (χ2n) is 8.79. The van der Waals surface area contributed by atoms with E-state index in [-0.39, 0.29) is 0 Å². The Morgan fingerprint density at radius 3 is 1.21 bits per heavy atom. The Hall–Kier alpha value is -4.30. The molecule has 6 rings (SSSR count). The molecule has 0 saturated carbocycles. The van der Waals surface area contributed by atoms with Gasteiger partial charge in [0.2, 0.25) is 0 Å². The third kappa shape index (κ3) is 4.06. The molecule has 0 spiro atoms. The Bertz CT molecular complexity index is 1450. The van der Waals surface area contributed by atoms with E-state index in [1.165, 1.54) is 43.8 Å². The molecule has 2 heteroatoms. The first-order chi connectivity index (χ1) is 16.8. The van der Waals surface area contributed by atoms with Crippen molar-refractivity contribution in [2.24, 2.45) is 0 Å². The third-order valence-corrected chi connectivity index (χ3v) is 6.58. The average molecular weight is 439 g/mol. The summed E-state index contributed by atoms with van der Waals surface area (Å²) in [6, 6.07) is 39.1. The molecule has 0 saturated heterocycles. The molecule has 0 radical (unpaired) electrons. The number of nitrogens with zero attached hydrogens (tertiary/aromatic N) is 2. The monoisotopic (exact) mass is 438 g/mol. The Balaban J connectivity index is 1.20. The molecular weight excluding hydrogens is 412 g/mol. The van der Waals surface area contributed by atoms with E-state index in [0.717, 1.165) is 13.1 Å².